The van der Waals surface area contributed by atoms with E-state index in [0.717, 1.165) is 11.3 Å². The highest BCUT2D eigenvalue weighted by atomic mass is 16.6. The van der Waals surface area contributed by atoms with Crippen molar-refractivity contribution in [3.8, 4) is 0 Å². The van der Waals surface area contributed by atoms with Crippen LogP contribution >= 0.6 is 0 Å². The Hall–Kier alpha value is -1.85. The lowest BCUT2D eigenvalue weighted by molar-refractivity contribution is -0.109. The average molecular weight is 307 g/mol. The summed E-state index contributed by atoms with van der Waals surface area (Å²) in [5.74, 6) is 0.156. The quantitative estimate of drug-likeness (QED) is 0.808. The number of hydrogen-bond donors (Lipinski definition) is 1. The average Bonchev–Trinajstić information content (AvgIpc) is 2.85. The number of nitrogens with one attached hydrogen (secondary N) is 1. The van der Waals surface area contributed by atoms with E-state index in [0.29, 0.717) is 26.0 Å². The van der Waals surface area contributed by atoms with Crippen LogP contribution in [0.15, 0.2) is 16.1 Å². The van der Waals surface area contributed by atoms with Gasteiger partial charge in [0, 0.05) is 31.3 Å². The monoisotopic (exact) mass is 307 g/mol. The second kappa shape index (κ2) is 6.10. The molecule has 0 aliphatic carbocycles. The van der Waals surface area contributed by atoms with Crippen LogP contribution in [-0.2, 0) is 9.53 Å². The zero-order chi connectivity index (χ0) is 16.5. The maximum atomic E-state index is 12.3. The van der Waals surface area contributed by atoms with Crippen molar-refractivity contribution >= 4 is 18.2 Å². The van der Waals surface area contributed by atoms with E-state index in [4.69, 9.17) is 4.74 Å². The van der Waals surface area contributed by atoms with Crippen molar-refractivity contribution in [3.63, 3.8) is 0 Å². The summed E-state index contributed by atoms with van der Waals surface area (Å²) in [6.07, 6.45) is 0.401. The first-order valence-electron chi connectivity index (χ1n) is 7.62. The van der Waals surface area contributed by atoms with Gasteiger partial charge in [-0.05, 0) is 45.8 Å². The molecule has 2 heterocycles. The molecule has 2 atom stereocenters. The van der Waals surface area contributed by atoms with Gasteiger partial charge in [-0.3, -0.25) is 9.79 Å². The third kappa shape index (κ3) is 3.48. The lowest BCUT2D eigenvalue weighted by Crippen LogP contribution is -2.38. The van der Waals surface area contributed by atoms with Gasteiger partial charge in [-0.25, -0.2) is 4.79 Å². The number of carbonyl (C=O) groups is 2. The van der Waals surface area contributed by atoms with Gasteiger partial charge >= 0.3 is 6.09 Å². The highest BCUT2D eigenvalue weighted by Gasteiger charge is 2.40. The highest BCUT2D eigenvalue weighted by Crippen LogP contribution is 2.34. The summed E-state index contributed by atoms with van der Waals surface area (Å²) in [6.45, 7) is 11.3. The summed E-state index contributed by atoms with van der Waals surface area (Å²) in [7, 11) is 0. The minimum absolute atomic E-state index is 0.0173. The van der Waals surface area contributed by atoms with E-state index in [2.05, 4.69) is 10.3 Å². The Labute approximate surface area is 131 Å². The number of nitrogens with zero attached hydrogens (tertiary/aromatic N) is 2. The molecule has 6 heteroatoms. The molecular formula is C16H25N3O3. The molecule has 2 rings (SSSR count). The van der Waals surface area contributed by atoms with Crippen LogP contribution in [-0.4, -0.2) is 54.4 Å². The van der Waals surface area contributed by atoms with Crippen molar-refractivity contribution in [1.29, 1.82) is 0 Å². The van der Waals surface area contributed by atoms with Gasteiger partial charge in [0.2, 0.25) is 6.41 Å². The predicted octanol–water partition coefficient (Wildman–Crippen LogP) is 1.76. The van der Waals surface area contributed by atoms with Crippen LogP contribution in [0.2, 0.25) is 0 Å². The van der Waals surface area contributed by atoms with Crippen LogP contribution in [0.5, 0.6) is 0 Å². The molecule has 2 aliphatic heterocycles. The van der Waals surface area contributed by atoms with Crippen LogP contribution in [0.1, 0.15) is 34.6 Å². The van der Waals surface area contributed by atoms with E-state index >= 15 is 0 Å². The molecule has 0 aromatic carbocycles. The van der Waals surface area contributed by atoms with Crippen LogP contribution < -0.4 is 5.32 Å². The Morgan fingerprint density at radius 2 is 2.14 bits per heavy atom. The van der Waals surface area contributed by atoms with Crippen molar-refractivity contribution in [2.24, 2.45) is 10.9 Å². The van der Waals surface area contributed by atoms with Crippen molar-refractivity contribution in [1.82, 2.24) is 10.2 Å². The first-order valence-corrected chi connectivity index (χ1v) is 7.62. The Bertz CT molecular complexity index is 531. The SMILES string of the molecule is CC1=NC(CNC=O)C2CN(C(=O)OC(C)(C)C)CC2=C1C. The van der Waals surface area contributed by atoms with Gasteiger partial charge < -0.3 is 15.0 Å². The number of ether oxygens (including phenoxy) is 1. The Morgan fingerprint density at radius 3 is 2.73 bits per heavy atom. The van der Waals surface area contributed by atoms with Crippen LogP contribution in [0.4, 0.5) is 4.79 Å². The summed E-state index contributed by atoms with van der Waals surface area (Å²) in [5, 5.41) is 2.70. The van der Waals surface area contributed by atoms with Gasteiger partial charge in [0.25, 0.3) is 0 Å². The maximum absolute atomic E-state index is 12.3. The van der Waals surface area contributed by atoms with Crippen molar-refractivity contribution < 1.29 is 14.3 Å². The normalized spacial score (nSPS) is 24.8. The molecule has 0 aromatic heterocycles. The van der Waals surface area contributed by atoms with Crippen LogP contribution in [0.3, 0.4) is 0 Å². The van der Waals surface area contributed by atoms with E-state index < -0.39 is 5.60 Å². The molecule has 1 saturated heterocycles. The number of aliphatic imine (C=N–C) groups is 1. The molecule has 22 heavy (non-hydrogen) atoms. The lowest BCUT2D eigenvalue weighted by atomic mass is 9.87. The summed E-state index contributed by atoms with van der Waals surface area (Å²) >= 11 is 0. The molecule has 1 fully saturated rings. The number of carbonyl (C=O) groups excluding carboxylic acids is 2. The van der Waals surface area contributed by atoms with Gasteiger partial charge in [-0.15, -0.1) is 0 Å². The van der Waals surface area contributed by atoms with Gasteiger partial charge in [0.15, 0.2) is 0 Å². The Balaban J connectivity index is 2.15. The molecule has 1 N–H and O–H groups in total. The van der Waals surface area contributed by atoms with Gasteiger partial charge in [-0.1, -0.05) is 0 Å². The number of allylic oxidation sites excluding steroid dienone is 1. The molecule has 2 unspecified atom stereocenters. The maximum Gasteiger partial charge on any atom is 0.410 e. The molecule has 0 radical (unpaired) electrons. The molecule has 6 nitrogen and oxygen atoms in total. The summed E-state index contributed by atoms with van der Waals surface area (Å²) < 4.78 is 5.46. The fourth-order valence-electron chi connectivity index (χ4n) is 2.98. The molecule has 0 saturated carbocycles. The minimum Gasteiger partial charge on any atom is -0.444 e. The number of dihydropyridines is 1. The fraction of sp³-hybridized carbons (Fsp3) is 0.688. The molecule has 122 valence electrons. The Morgan fingerprint density at radius 1 is 1.45 bits per heavy atom. The van der Waals surface area contributed by atoms with Crippen LogP contribution in [0.25, 0.3) is 0 Å². The molecule has 0 spiro atoms. The third-order valence-electron chi connectivity index (χ3n) is 4.14. The van der Waals surface area contributed by atoms with E-state index in [1.54, 1.807) is 4.90 Å². The molecule has 2 amide bonds. The molecule has 0 bridgehead atoms. The number of fused-ring (bicyclic) bond motifs is 1. The number of likely N-dealkylation sites (tertiary alicyclic amines) is 1. The van der Waals surface area contributed by atoms with E-state index in [1.165, 1.54) is 5.57 Å². The molecule has 0 aromatic rings. The second-order valence-corrected chi connectivity index (χ2v) is 6.93. The first-order chi connectivity index (χ1) is 10.2. The Kier molecular flexibility index (Phi) is 4.58. The summed E-state index contributed by atoms with van der Waals surface area (Å²) in [4.78, 5) is 29.2. The largest absolute Gasteiger partial charge is 0.444 e. The number of amides is 2. The second-order valence-electron chi connectivity index (χ2n) is 6.93. The zero-order valence-electron chi connectivity index (χ0n) is 14.0. The van der Waals surface area contributed by atoms with Crippen LogP contribution in [0, 0.1) is 5.92 Å². The summed E-state index contributed by atoms with van der Waals surface area (Å²) in [5.41, 5.74) is 2.86. The molecule has 2 aliphatic rings. The van der Waals surface area contributed by atoms with Gasteiger partial charge in [0.05, 0.1) is 6.04 Å². The van der Waals surface area contributed by atoms with Crippen molar-refractivity contribution in [2.75, 3.05) is 19.6 Å². The zero-order valence-corrected chi connectivity index (χ0v) is 14.0. The minimum atomic E-state index is -0.501. The number of hydrogen-bond acceptors (Lipinski definition) is 4. The first kappa shape index (κ1) is 16.5. The summed E-state index contributed by atoms with van der Waals surface area (Å²) in [6, 6.07) is -0.0173. The van der Waals surface area contributed by atoms with Crippen molar-refractivity contribution in [2.45, 2.75) is 46.3 Å². The van der Waals surface area contributed by atoms with E-state index in [9.17, 15) is 9.59 Å². The highest BCUT2D eigenvalue weighted by molar-refractivity contribution is 5.99. The third-order valence-corrected chi connectivity index (χ3v) is 4.14. The van der Waals surface area contributed by atoms with Gasteiger partial charge in [-0.2, -0.15) is 0 Å². The lowest BCUT2D eigenvalue weighted by Gasteiger charge is -2.27. The van der Waals surface area contributed by atoms with E-state index in [-0.39, 0.29) is 18.1 Å². The van der Waals surface area contributed by atoms with Crippen molar-refractivity contribution in [3.05, 3.63) is 11.1 Å². The smallest absolute Gasteiger partial charge is 0.410 e. The fourth-order valence-corrected chi connectivity index (χ4v) is 2.98. The molecular weight excluding hydrogens is 282 g/mol. The predicted molar refractivity (Wildman–Crippen MR) is 85.0 cm³/mol. The number of rotatable bonds is 3. The topological polar surface area (TPSA) is 71.0 Å². The van der Waals surface area contributed by atoms with E-state index in [1.807, 2.05) is 34.6 Å². The standard InChI is InChI=1S/C16H25N3O3/c1-10-11(2)18-14(6-17-9-20)13-8-19(7-12(10)13)15(21)22-16(3,4)5/h9,13-14H,6-8H2,1-5H3,(H,17,20). The van der Waals surface area contributed by atoms with Gasteiger partial charge in [0.1, 0.15) is 5.60 Å².